The molecule has 1 aromatic rings. The average molecular weight is 233 g/mol. The van der Waals surface area contributed by atoms with E-state index < -0.39 is 0 Å². The molecule has 1 aliphatic rings. The molecule has 1 fully saturated rings. The molecule has 1 aromatic carbocycles. The van der Waals surface area contributed by atoms with Crippen molar-refractivity contribution in [3.63, 3.8) is 0 Å². The Balaban J connectivity index is 1.98. The molecular weight excluding hydrogens is 214 g/mol. The van der Waals surface area contributed by atoms with Gasteiger partial charge in [-0.25, -0.2) is 0 Å². The van der Waals surface area contributed by atoms with Crippen molar-refractivity contribution in [1.82, 2.24) is 4.90 Å². The Morgan fingerprint density at radius 2 is 2.12 bits per heavy atom. The van der Waals surface area contributed by atoms with Gasteiger partial charge in [-0.05, 0) is 37.0 Å². The van der Waals surface area contributed by atoms with E-state index >= 15 is 0 Å². The van der Waals surface area contributed by atoms with E-state index in [0.717, 1.165) is 6.54 Å². The fourth-order valence-corrected chi connectivity index (χ4v) is 2.52. The Labute approximate surface area is 102 Å². The monoisotopic (exact) mass is 233 g/mol. The van der Waals surface area contributed by atoms with Crippen LogP contribution in [0.3, 0.4) is 0 Å². The quantitative estimate of drug-likeness (QED) is 0.872. The average Bonchev–Trinajstić information content (AvgIpc) is 2.80. The fourth-order valence-electron chi connectivity index (χ4n) is 2.52. The smallest absolute Gasteiger partial charge is 0.253 e. The molecule has 1 saturated carbocycles. The molecule has 0 heterocycles. The predicted molar refractivity (Wildman–Crippen MR) is 67.0 cm³/mol. The van der Waals surface area contributed by atoms with Gasteiger partial charge in [0.1, 0.15) is 5.75 Å². The zero-order valence-corrected chi connectivity index (χ0v) is 10.2. The van der Waals surface area contributed by atoms with Crippen LogP contribution in [0.4, 0.5) is 0 Å². The van der Waals surface area contributed by atoms with Gasteiger partial charge in [-0.15, -0.1) is 0 Å². The van der Waals surface area contributed by atoms with Gasteiger partial charge in [-0.1, -0.05) is 18.9 Å². The van der Waals surface area contributed by atoms with Crippen molar-refractivity contribution in [3.8, 4) is 5.75 Å². The first kappa shape index (κ1) is 12.0. The van der Waals surface area contributed by atoms with Crippen molar-refractivity contribution in [3.05, 3.63) is 29.8 Å². The lowest BCUT2D eigenvalue weighted by atomic mass is 10.1. The summed E-state index contributed by atoms with van der Waals surface area (Å²) >= 11 is 0. The molecule has 0 aromatic heterocycles. The van der Waals surface area contributed by atoms with E-state index in [2.05, 4.69) is 0 Å². The third kappa shape index (κ3) is 2.99. The molecule has 17 heavy (non-hydrogen) atoms. The highest BCUT2D eigenvalue weighted by Gasteiger charge is 2.20. The summed E-state index contributed by atoms with van der Waals surface area (Å²) in [6.07, 6.45) is 5.05. The highest BCUT2D eigenvalue weighted by atomic mass is 16.3. The lowest BCUT2D eigenvalue weighted by Crippen LogP contribution is -2.31. The molecule has 1 aliphatic carbocycles. The molecule has 0 saturated heterocycles. The van der Waals surface area contributed by atoms with Gasteiger partial charge in [0.25, 0.3) is 5.91 Å². The van der Waals surface area contributed by atoms with Crippen LogP contribution in [-0.4, -0.2) is 29.5 Å². The third-order valence-electron chi connectivity index (χ3n) is 3.45. The maximum atomic E-state index is 12.1. The molecule has 0 bridgehead atoms. The van der Waals surface area contributed by atoms with Gasteiger partial charge >= 0.3 is 0 Å². The topological polar surface area (TPSA) is 40.5 Å². The Bertz CT molecular complexity index is 397. The SMILES string of the molecule is CN(CC1CCCC1)C(=O)c1cccc(O)c1. The highest BCUT2D eigenvalue weighted by Crippen LogP contribution is 2.25. The number of nitrogens with zero attached hydrogens (tertiary/aromatic N) is 1. The van der Waals surface area contributed by atoms with Crippen molar-refractivity contribution in [2.75, 3.05) is 13.6 Å². The molecule has 3 heteroatoms. The molecular formula is C14H19NO2. The molecule has 0 spiro atoms. The minimum Gasteiger partial charge on any atom is -0.508 e. The standard InChI is InChI=1S/C14H19NO2/c1-15(10-11-5-2-3-6-11)14(17)12-7-4-8-13(16)9-12/h4,7-9,11,16H,2-3,5-6,10H2,1H3. The number of aromatic hydroxyl groups is 1. The molecule has 3 nitrogen and oxygen atoms in total. The van der Waals surface area contributed by atoms with Crippen LogP contribution < -0.4 is 0 Å². The first-order valence-electron chi connectivity index (χ1n) is 6.21. The molecule has 0 radical (unpaired) electrons. The Morgan fingerprint density at radius 3 is 2.76 bits per heavy atom. The van der Waals surface area contributed by atoms with Crippen LogP contribution in [0, 0.1) is 5.92 Å². The minimum atomic E-state index is -0.00667. The maximum Gasteiger partial charge on any atom is 0.253 e. The lowest BCUT2D eigenvalue weighted by molar-refractivity contribution is 0.0773. The number of hydrogen-bond acceptors (Lipinski definition) is 2. The first-order chi connectivity index (χ1) is 8.16. The van der Waals surface area contributed by atoms with Crippen molar-refractivity contribution in [2.45, 2.75) is 25.7 Å². The lowest BCUT2D eigenvalue weighted by Gasteiger charge is -2.21. The molecule has 0 atom stereocenters. The first-order valence-corrected chi connectivity index (χ1v) is 6.21. The Morgan fingerprint density at radius 1 is 1.41 bits per heavy atom. The summed E-state index contributed by atoms with van der Waals surface area (Å²) in [6, 6.07) is 6.54. The normalized spacial score (nSPS) is 16.1. The Kier molecular flexibility index (Phi) is 3.67. The number of phenolic OH excluding ortho intramolecular Hbond substituents is 1. The van der Waals surface area contributed by atoms with E-state index in [-0.39, 0.29) is 11.7 Å². The summed E-state index contributed by atoms with van der Waals surface area (Å²) in [5, 5.41) is 9.36. The number of rotatable bonds is 3. The van der Waals surface area contributed by atoms with Crippen molar-refractivity contribution in [2.24, 2.45) is 5.92 Å². The molecule has 0 aliphatic heterocycles. The summed E-state index contributed by atoms with van der Waals surface area (Å²) in [5.74, 6) is 0.791. The zero-order chi connectivity index (χ0) is 12.3. The van der Waals surface area contributed by atoms with Gasteiger partial charge in [0.05, 0.1) is 0 Å². The van der Waals surface area contributed by atoms with E-state index in [1.807, 2.05) is 7.05 Å². The van der Waals surface area contributed by atoms with E-state index in [1.165, 1.54) is 31.7 Å². The van der Waals surface area contributed by atoms with E-state index in [9.17, 15) is 9.90 Å². The van der Waals surface area contributed by atoms with Crippen LogP contribution in [0.15, 0.2) is 24.3 Å². The third-order valence-corrected chi connectivity index (χ3v) is 3.45. The van der Waals surface area contributed by atoms with Crippen molar-refractivity contribution in [1.29, 1.82) is 0 Å². The molecule has 1 N–H and O–H groups in total. The van der Waals surface area contributed by atoms with Crippen molar-refractivity contribution < 1.29 is 9.90 Å². The van der Waals surface area contributed by atoms with Crippen LogP contribution in [-0.2, 0) is 0 Å². The van der Waals surface area contributed by atoms with Gasteiger partial charge in [0, 0.05) is 19.2 Å². The highest BCUT2D eigenvalue weighted by molar-refractivity contribution is 5.94. The summed E-state index contributed by atoms with van der Waals surface area (Å²) in [4.78, 5) is 13.9. The second kappa shape index (κ2) is 5.21. The summed E-state index contributed by atoms with van der Waals surface area (Å²) in [6.45, 7) is 0.828. The minimum absolute atomic E-state index is 0.00667. The van der Waals surface area contributed by atoms with Crippen LogP contribution >= 0.6 is 0 Å². The van der Waals surface area contributed by atoms with E-state index in [1.54, 1.807) is 23.1 Å². The summed E-state index contributed by atoms with van der Waals surface area (Å²) in [7, 11) is 1.84. The Hall–Kier alpha value is -1.51. The number of hydrogen-bond donors (Lipinski definition) is 1. The number of carbonyl (C=O) groups is 1. The van der Waals surface area contributed by atoms with Crippen LogP contribution in [0.1, 0.15) is 36.0 Å². The number of phenols is 1. The number of benzene rings is 1. The maximum absolute atomic E-state index is 12.1. The molecule has 92 valence electrons. The largest absolute Gasteiger partial charge is 0.508 e. The predicted octanol–water partition coefficient (Wildman–Crippen LogP) is 2.65. The molecule has 1 amide bonds. The molecule has 2 rings (SSSR count). The second-order valence-corrected chi connectivity index (χ2v) is 4.89. The number of carbonyl (C=O) groups excluding carboxylic acids is 1. The summed E-state index contributed by atoms with van der Waals surface area (Å²) < 4.78 is 0. The second-order valence-electron chi connectivity index (χ2n) is 4.89. The van der Waals surface area contributed by atoms with Gasteiger partial charge in [0.15, 0.2) is 0 Å². The van der Waals surface area contributed by atoms with E-state index in [0.29, 0.717) is 11.5 Å². The van der Waals surface area contributed by atoms with Gasteiger partial charge in [-0.2, -0.15) is 0 Å². The molecule has 0 unspecified atom stereocenters. The van der Waals surface area contributed by atoms with Gasteiger partial charge in [0.2, 0.25) is 0 Å². The van der Waals surface area contributed by atoms with Crippen LogP contribution in [0.25, 0.3) is 0 Å². The van der Waals surface area contributed by atoms with Crippen LogP contribution in [0.5, 0.6) is 5.75 Å². The van der Waals surface area contributed by atoms with Gasteiger partial charge in [-0.3, -0.25) is 4.79 Å². The van der Waals surface area contributed by atoms with E-state index in [4.69, 9.17) is 0 Å². The van der Waals surface area contributed by atoms with Gasteiger partial charge < -0.3 is 10.0 Å². The van der Waals surface area contributed by atoms with Crippen molar-refractivity contribution >= 4 is 5.91 Å². The van der Waals surface area contributed by atoms with Crippen LogP contribution in [0.2, 0.25) is 0 Å². The summed E-state index contributed by atoms with van der Waals surface area (Å²) in [5.41, 5.74) is 0.561. The fraction of sp³-hybridized carbons (Fsp3) is 0.500. The zero-order valence-electron chi connectivity index (χ0n) is 10.2. The number of amides is 1.